The van der Waals surface area contributed by atoms with Crippen LogP contribution in [0.15, 0.2) is 53.4 Å². The van der Waals surface area contributed by atoms with Gasteiger partial charge in [0.25, 0.3) is 5.91 Å². The average molecular weight is 359 g/mol. The van der Waals surface area contributed by atoms with Crippen molar-refractivity contribution >= 4 is 23.6 Å². The van der Waals surface area contributed by atoms with Gasteiger partial charge in [-0.25, -0.2) is 0 Å². The third kappa shape index (κ3) is 6.89. The predicted molar refractivity (Wildman–Crippen MR) is 97.7 cm³/mol. The van der Waals surface area contributed by atoms with E-state index in [0.717, 1.165) is 16.2 Å². The number of rotatable bonds is 8. The Balaban J connectivity index is 1.66. The first kappa shape index (κ1) is 18.9. The standard InChI is InChI=1S/C19H21NO4S/c1-14-6-8-17(9-7-14)25-13-19(22)24-12-18(21)20-11-15-4-3-5-16(10-15)23-2/h3-10H,11-13H2,1-2H3,(H,20,21). The second-order valence-electron chi connectivity index (χ2n) is 5.39. The summed E-state index contributed by atoms with van der Waals surface area (Å²) in [5.74, 6) is 0.150. The summed E-state index contributed by atoms with van der Waals surface area (Å²) in [4.78, 5) is 24.5. The van der Waals surface area contributed by atoms with Crippen molar-refractivity contribution in [2.75, 3.05) is 19.5 Å². The SMILES string of the molecule is COc1cccc(CNC(=O)COC(=O)CSc2ccc(C)cc2)c1. The molecule has 0 aliphatic carbocycles. The van der Waals surface area contributed by atoms with Gasteiger partial charge in [0, 0.05) is 11.4 Å². The molecule has 0 saturated heterocycles. The second kappa shape index (κ2) is 9.74. The molecule has 0 saturated carbocycles. The highest BCUT2D eigenvalue weighted by Gasteiger charge is 2.08. The number of hydrogen-bond acceptors (Lipinski definition) is 5. The van der Waals surface area contributed by atoms with Crippen LogP contribution in [-0.4, -0.2) is 31.3 Å². The van der Waals surface area contributed by atoms with Gasteiger partial charge in [0.1, 0.15) is 5.75 Å². The van der Waals surface area contributed by atoms with Crippen molar-refractivity contribution in [3.63, 3.8) is 0 Å². The first-order chi connectivity index (χ1) is 12.1. The van der Waals surface area contributed by atoms with Crippen LogP contribution in [0, 0.1) is 6.92 Å². The molecule has 0 atom stereocenters. The van der Waals surface area contributed by atoms with Crippen LogP contribution in [0.4, 0.5) is 0 Å². The van der Waals surface area contributed by atoms with Crippen LogP contribution in [0.2, 0.25) is 0 Å². The number of aryl methyl sites for hydroxylation is 1. The molecule has 25 heavy (non-hydrogen) atoms. The lowest BCUT2D eigenvalue weighted by Gasteiger charge is -2.08. The summed E-state index contributed by atoms with van der Waals surface area (Å²) in [5, 5.41) is 2.71. The molecule has 0 heterocycles. The molecule has 2 aromatic rings. The molecule has 0 unspecified atom stereocenters. The first-order valence-corrected chi connectivity index (χ1v) is 8.80. The topological polar surface area (TPSA) is 64.6 Å². The average Bonchev–Trinajstić information content (AvgIpc) is 2.64. The normalized spacial score (nSPS) is 10.2. The Labute approximate surface area is 151 Å². The van der Waals surface area contributed by atoms with Gasteiger partial charge in [0.15, 0.2) is 6.61 Å². The summed E-state index contributed by atoms with van der Waals surface area (Å²) in [6.45, 7) is 2.08. The Hall–Kier alpha value is -2.47. The van der Waals surface area contributed by atoms with Gasteiger partial charge in [0.05, 0.1) is 12.9 Å². The van der Waals surface area contributed by atoms with Gasteiger partial charge in [-0.2, -0.15) is 0 Å². The van der Waals surface area contributed by atoms with Gasteiger partial charge in [-0.3, -0.25) is 9.59 Å². The van der Waals surface area contributed by atoms with Gasteiger partial charge in [0.2, 0.25) is 0 Å². The molecule has 0 bridgehead atoms. The van der Waals surface area contributed by atoms with Crippen molar-refractivity contribution in [3.8, 4) is 5.75 Å². The van der Waals surface area contributed by atoms with E-state index < -0.39 is 5.97 Å². The lowest BCUT2D eigenvalue weighted by atomic mass is 10.2. The number of nitrogens with one attached hydrogen (secondary N) is 1. The summed E-state index contributed by atoms with van der Waals surface area (Å²) in [6.07, 6.45) is 0. The van der Waals surface area contributed by atoms with E-state index in [1.807, 2.05) is 55.5 Å². The maximum Gasteiger partial charge on any atom is 0.316 e. The number of hydrogen-bond donors (Lipinski definition) is 1. The molecule has 0 fully saturated rings. The second-order valence-corrected chi connectivity index (χ2v) is 6.44. The van der Waals surface area contributed by atoms with Crippen LogP contribution in [0.5, 0.6) is 5.75 Å². The summed E-state index contributed by atoms with van der Waals surface area (Å²) in [7, 11) is 1.59. The largest absolute Gasteiger partial charge is 0.497 e. The minimum Gasteiger partial charge on any atom is -0.497 e. The van der Waals surface area contributed by atoms with E-state index in [-0.39, 0.29) is 18.3 Å². The molecule has 1 N–H and O–H groups in total. The quantitative estimate of drug-likeness (QED) is 0.580. The Bertz CT molecular complexity index is 716. The third-order valence-electron chi connectivity index (χ3n) is 3.37. The number of carbonyl (C=O) groups is 2. The zero-order valence-corrected chi connectivity index (χ0v) is 15.1. The van der Waals surface area contributed by atoms with Gasteiger partial charge in [-0.15, -0.1) is 11.8 Å². The van der Waals surface area contributed by atoms with Gasteiger partial charge in [-0.05, 0) is 36.8 Å². The maximum absolute atomic E-state index is 11.8. The van der Waals surface area contributed by atoms with Gasteiger partial charge in [-0.1, -0.05) is 29.8 Å². The van der Waals surface area contributed by atoms with Gasteiger partial charge >= 0.3 is 5.97 Å². The zero-order valence-electron chi connectivity index (χ0n) is 14.3. The van der Waals surface area contributed by atoms with Crippen molar-refractivity contribution in [2.24, 2.45) is 0 Å². The summed E-state index contributed by atoms with van der Waals surface area (Å²) in [6, 6.07) is 15.3. The van der Waals surface area contributed by atoms with Crippen LogP contribution in [0.25, 0.3) is 0 Å². The highest BCUT2D eigenvalue weighted by molar-refractivity contribution is 8.00. The number of methoxy groups -OCH3 is 1. The van der Waals surface area contributed by atoms with E-state index in [1.165, 1.54) is 17.3 Å². The molecule has 0 radical (unpaired) electrons. The maximum atomic E-state index is 11.8. The fourth-order valence-corrected chi connectivity index (χ4v) is 2.69. The Morgan fingerprint density at radius 2 is 1.88 bits per heavy atom. The molecule has 6 heteroatoms. The number of amides is 1. The van der Waals surface area contributed by atoms with Crippen molar-refractivity contribution in [2.45, 2.75) is 18.4 Å². The molecular weight excluding hydrogens is 338 g/mol. The molecule has 0 aliphatic rings. The van der Waals surface area contributed by atoms with Crippen LogP contribution in [0.1, 0.15) is 11.1 Å². The zero-order chi connectivity index (χ0) is 18.1. The third-order valence-corrected chi connectivity index (χ3v) is 4.35. The summed E-state index contributed by atoms with van der Waals surface area (Å²) < 4.78 is 10.1. The van der Waals surface area contributed by atoms with Crippen LogP contribution in [0.3, 0.4) is 0 Å². The molecule has 1 amide bonds. The van der Waals surface area contributed by atoms with E-state index in [4.69, 9.17) is 9.47 Å². The van der Waals surface area contributed by atoms with E-state index >= 15 is 0 Å². The Morgan fingerprint density at radius 1 is 1.12 bits per heavy atom. The molecule has 132 valence electrons. The number of thioether (sulfide) groups is 1. The fourth-order valence-electron chi connectivity index (χ4n) is 2.00. The predicted octanol–water partition coefficient (Wildman–Crippen LogP) is 2.96. The van der Waals surface area contributed by atoms with Crippen LogP contribution < -0.4 is 10.1 Å². The summed E-state index contributed by atoms with van der Waals surface area (Å²) >= 11 is 1.38. The van der Waals surface area contributed by atoms with Crippen LogP contribution in [-0.2, 0) is 20.9 Å². The van der Waals surface area contributed by atoms with Crippen molar-refractivity contribution < 1.29 is 19.1 Å². The first-order valence-electron chi connectivity index (χ1n) is 7.81. The van der Waals surface area contributed by atoms with Gasteiger partial charge < -0.3 is 14.8 Å². The van der Waals surface area contributed by atoms with Crippen molar-refractivity contribution in [1.29, 1.82) is 0 Å². The molecule has 0 aliphatic heterocycles. The minimum atomic E-state index is -0.415. The van der Waals surface area contributed by atoms with E-state index in [1.54, 1.807) is 7.11 Å². The molecule has 2 rings (SSSR count). The number of carbonyl (C=O) groups excluding carboxylic acids is 2. The Morgan fingerprint density at radius 3 is 2.60 bits per heavy atom. The molecular formula is C19H21NO4S. The number of benzene rings is 2. The van der Waals surface area contributed by atoms with E-state index in [9.17, 15) is 9.59 Å². The smallest absolute Gasteiger partial charge is 0.316 e. The molecule has 2 aromatic carbocycles. The molecule has 0 aromatic heterocycles. The lowest BCUT2D eigenvalue weighted by molar-refractivity contribution is -0.145. The van der Waals surface area contributed by atoms with Crippen LogP contribution >= 0.6 is 11.8 Å². The number of ether oxygens (including phenoxy) is 2. The summed E-state index contributed by atoms with van der Waals surface area (Å²) in [5.41, 5.74) is 2.08. The monoisotopic (exact) mass is 359 g/mol. The van der Waals surface area contributed by atoms with Crippen molar-refractivity contribution in [3.05, 3.63) is 59.7 Å². The highest BCUT2D eigenvalue weighted by atomic mass is 32.2. The molecule has 0 spiro atoms. The van der Waals surface area contributed by atoms with E-state index in [2.05, 4.69) is 5.32 Å². The molecule has 5 nitrogen and oxygen atoms in total. The Kier molecular flexibility index (Phi) is 7.35. The fraction of sp³-hybridized carbons (Fsp3) is 0.263. The minimum absolute atomic E-state index is 0.173. The van der Waals surface area contributed by atoms with E-state index in [0.29, 0.717) is 6.54 Å². The lowest BCUT2D eigenvalue weighted by Crippen LogP contribution is -2.28. The van der Waals surface area contributed by atoms with Crippen molar-refractivity contribution in [1.82, 2.24) is 5.32 Å². The number of esters is 1. The highest BCUT2D eigenvalue weighted by Crippen LogP contribution is 2.18.